The molecule has 1 heterocycles. The number of nitrogens with zero attached hydrogens (tertiary/aromatic N) is 1. The van der Waals surface area contributed by atoms with Crippen LogP contribution in [0.1, 0.15) is 10.4 Å². The molecule has 1 N–H and O–H groups in total. The predicted octanol–water partition coefficient (Wildman–Crippen LogP) is 1.02. The fraction of sp³-hybridized carbons (Fsp3) is 0.333. The van der Waals surface area contributed by atoms with Crippen LogP contribution in [0.2, 0.25) is 0 Å². The van der Waals surface area contributed by atoms with Crippen molar-refractivity contribution in [3.63, 3.8) is 0 Å². The van der Waals surface area contributed by atoms with Gasteiger partial charge in [0, 0.05) is 0 Å². The van der Waals surface area contributed by atoms with Crippen molar-refractivity contribution in [3.8, 4) is 5.88 Å². The first-order chi connectivity index (χ1) is 6.11. The zero-order chi connectivity index (χ0) is 9.84. The second kappa shape index (κ2) is 3.83. The first-order valence-electron chi connectivity index (χ1n) is 3.20. The number of hydrogen-bond acceptors (Lipinski definition) is 4. The highest BCUT2D eigenvalue weighted by atomic mass is 19.3. The number of hydrogen-bond donors (Lipinski definition) is 1. The van der Waals surface area contributed by atoms with Gasteiger partial charge >= 0.3 is 5.97 Å². The first kappa shape index (κ1) is 9.43. The van der Waals surface area contributed by atoms with E-state index in [1.807, 2.05) is 0 Å². The normalized spacial score (nSPS) is 10.4. The number of halogens is 2. The maximum atomic E-state index is 11.6. The van der Waals surface area contributed by atoms with Gasteiger partial charge in [0.15, 0.2) is 12.2 Å². The van der Waals surface area contributed by atoms with Gasteiger partial charge in [0.2, 0.25) is 0 Å². The van der Waals surface area contributed by atoms with E-state index in [0.717, 1.165) is 6.26 Å². The van der Waals surface area contributed by atoms with Gasteiger partial charge in [-0.25, -0.2) is 13.6 Å². The lowest BCUT2D eigenvalue weighted by Crippen LogP contribution is -2.09. The Kier molecular flexibility index (Phi) is 2.78. The van der Waals surface area contributed by atoms with Crippen molar-refractivity contribution >= 4 is 5.97 Å². The summed E-state index contributed by atoms with van der Waals surface area (Å²) < 4.78 is 31.9. The van der Waals surface area contributed by atoms with Crippen molar-refractivity contribution in [1.29, 1.82) is 0 Å². The van der Waals surface area contributed by atoms with Crippen LogP contribution in [0.5, 0.6) is 5.88 Å². The van der Waals surface area contributed by atoms with Crippen LogP contribution < -0.4 is 4.74 Å². The summed E-state index contributed by atoms with van der Waals surface area (Å²) in [5.41, 5.74) is -0.374. The second-order valence-corrected chi connectivity index (χ2v) is 2.04. The fourth-order valence-corrected chi connectivity index (χ4v) is 0.614. The molecule has 7 heteroatoms. The molecule has 0 aromatic carbocycles. The summed E-state index contributed by atoms with van der Waals surface area (Å²) in [5, 5.41) is 11.6. The molecular weight excluding hydrogens is 188 g/mol. The van der Waals surface area contributed by atoms with E-state index < -0.39 is 24.9 Å². The molecule has 5 nitrogen and oxygen atoms in total. The van der Waals surface area contributed by atoms with Gasteiger partial charge in [0.05, 0.1) is 0 Å². The smallest absolute Gasteiger partial charge is 0.344 e. The van der Waals surface area contributed by atoms with E-state index in [1.54, 1.807) is 0 Å². The molecule has 0 amide bonds. The Balaban J connectivity index is 2.65. The predicted molar refractivity (Wildman–Crippen MR) is 35.0 cm³/mol. The van der Waals surface area contributed by atoms with E-state index in [-0.39, 0.29) is 5.56 Å². The van der Waals surface area contributed by atoms with Crippen molar-refractivity contribution in [2.45, 2.75) is 6.43 Å². The van der Waals surface area contributed by atoms with E-state index >= 15 is 0 Å². The van der Waals surface area contributed by atoms with Crippen LogP contribution in [0.15, 0.2) is 10.8 Å². The summed E-state index contributed by atoms with van der Waals surface area (Å²) in [6.45, 7) is -0.910. The lowest BCUT2D eigenvalue weighted by molar-refractivity contribution is 0.0658. The van der Waals surface area contributed by atoms with Crippen LogP contribution in [0, 0.1) is 0 Å². The summed E-state index contributed by atoms with van der Waals surface area (Å²) in [4.78, 5) is 10.4. The van der Waals surface area contributed by atoms with Crippen LogP contribution >= 0.6 is 0 Å². The molecule has 0 fully saturated rings. The molecule has 0 radical (unpaired) electrons. The van der Waals surface area contributed by atoms with Gasteiger partial charge < -0.3 is 14.4 Å². The highest BCUT2D eigenvalue weighted by Crippen LogP contribution is 2.15. The van der Waals surface area contributed by atoms with Crippen LogP contribution in [0.4, 0.5) is 8.78 Å². The maximum absolute atomic E-state index is 11.6. The molecule has 0 aliphatic rings. The Morgan fingerprint density at radius 2 is 2.46 bits per heavy atom. The van der Waals surface area contributed by atoms with Crippen LogP contribution in [0.25, 0.3) is 0 Å². The van der Waals surface area contributed by atoms with E-state index in [0.29, 0.717) is 0 Å². The van der Waals surface area contributed by atoms with E-state index in [4.69, 9.17) is 5.11 Å². The number of aromatic nitrogens is 1. The SMILES string of the molecule is O=C(O)c1conc1OCC(F)F. The lowest BCUT2D eigenvalue weighted by atomic mass is 10.4. The highest BCUT2D eigenvalue weighted by molar-refractivity contribution is 5.89. The van der Waals surface area contributed by atoms with Crippen molar-refractivity contribution < 1.29 is 27.9 Å². The van der Waals surface area contributed by atoms with Gasteiger partial charge in [-0.3, -0.25) is 0 Å². The molecule has 0 saturated carbocycles. The minimum absolute atomic E-state index is 0.374. The number of carbonyl (C=O) groups is 1. The van der Waals surface area contributed by atoms with Crippen LogP contribution in [0.3, 0.4) is 0 Å². The molecule has 1 aromatic heterocycles. The summed E-state index contributed by atoms with van der Waals surface area (Å²) in [6, 6.07) is 0. The Morgan fingerprint density at radius 1 is 1.77 bits per heavy atom. The maximum Gasteiger partial charge on any atom is 0.344 e. The number of ether oxygens (including phenoxy) is 1. The quantitative estimate of drug-likeness (QED) is 0.772. The Morgan fingerprint density at radius 3 is 3.00 bits per heavy atom. The van der Waals surface area contributed by atoms with Crippen molar-refractivity contribution in [2.24, 2.45) is 0 Å². The summed E-state index contributed by atoms with van der Waals surface area (Å²) in [5.74, 6) is -1.78. The van der Waals surface area contributed by atoms with Crippen molar-refractivity contribution in [3.05, 3.63) is 11.8 Å². The number of carboxylic acids is 1. The minimum atomic E-state index is -2.68. The molecule has 1 aromatic rings. The Bertz CT molecular complexity index is 299. The van der Waals surface area contributed by atoms with E-state index in [2.05, 4.69) is 14.4 Å². The summed E-state index contributed by atoms with van der Waals surface area (Å²) >= 11 is 0. The topological polar surface area (TPSA) is 72.6 Å². The molecule has 13 heavy (non-hydrogen) atoms. The number of aromatic carboxylic acids is 1. The first-order valence-corrected chi connectivity index (χ1v) is 3.20. The van der Waals surface area contributed by atoms with Gasteiger partial charge in [-0.1, -0.05) is 0 Å². The van der Waals surface area contributed by atoms with E-state index in [9.17, 15) is 13.6 Å². The third kappa shape index (κ3) is 2.39. The van der Waals surface area contributed by atoms with Crippen molar-refractivity contribution in [2.75, 3.05) is 6.61 Å². The van der Waals surface area contributed by atoms with Crippen LogP contribution in [-0.2, 0) is 0 Å². The number of alkyl halides is 2. The molecule has 1 rings (SSSR count). The molecule has 0 aliphatic carbocycles. The molecule has 0 atom stereocenters. The molecule has 72 valence electrons. The molecule has 0 spiro atoms. The van der Waals surface area contributed by atoms with Crippen molar-refractivity contribution in [1.82, 2.24) is 5.16 Å². The monoisotopic (exact) mass is 193 g/mol. The Labute approximate surface area is 70.9 Å². The van der Waals surface area contributed by atoms with Gasteiger partial charge in [0.25, 0.3) is 12.3 Å². The average Bonchev–Trinajstić information content (AvgIpc) is 2.47. The zero-order valence-corrected chi connectivity index (χ0v) is 6.24. The number of rotatable bonds is 4. The van der Waals surface area contributed by atoms with Crippen LogP contribution in [-0.4, -0.2) is 29.3 Å². The third-order valence-electron chi connectivity index (χ3n) is 1.11. The standard InChI is InChI=1S/C6H5F2NO4/c7-4(8)2-12-5-3(6(10)11)1-13-9-5/h1,4H,2H2,(H,10,11). The largest absolute Gasteiger partial charge is 0.477 e. The Hall–Kier alpha value is -1.66. The molecule has 0 bridgehead atoms. The molecular formula is C6H5F2NO4. The van der Waals surface area contributed by atoms with Gasteiger partial charge in [0.1, 0.15) is 6.26 Å². The molecule has 0 unspecified atom stereocenters. The second-order valence-electron chi connectivity index (χ2n) is 2.04. The highest BCUT2D eigenvalue weighted by Gasteiger charge is 2.17. The van der Waals surface area contributed by atoms with E-state index in [1.165, 1.54) is 0 Å². The fourth-order valence-electron chi connectivity index (χ4n) is 0.614. The molecule has 0 saturated heterocycles. The third-order valence-corrected chi connectivity index (χ3v) is 1.11. The number of carboxylic acid groups (broad SMARTS) is 1. The van der Waals surface area contributed by atoms with Gasteiger partial charge in [-0.05, 0) is 5.16 Å². The van der Waals surface area contributed by atoms with Gasteiger partial charge in [-0.2, -0.15) is 0 Å². The van der Waals surface area contributed by atoms with Gasteiger partial charge in [-0.15, -0.1) is 0 Å². The minimum Gasteiger partial charge on any atom is -0.477 e. The average molecular weight is 193 g/mol. The summed E-state index contributed by atoms with van der Waals surface area (Å²) in [7, 11) is 0. The molecule has 0 aliphatic heterocycles. The zero-order valence-electron chi connectivity index (χ0n) is 6.24. The lowest BCUT2D eigenvalue weighted by Gasteiger charge is -2.00. The summed E-state index contributed by atoms with van der Waals surface area (Å²) in [6.07, 6.45) is -1.87.